The SMILES string of the molecule is [2H]C([2H])([2H])C(C)(C)NC[C@H](O)c1ccc(O)c(CO)c1. The van der Waals surface area contributed by atoms with Gasteiger partial charge in [0.2, 0.25) is 0 Å². The van der Waals surface area contributed by atoms with Crippen molar-refractivity contribution in [3.8, 4) is 5.75 Å². The van der Waals surface area contributed by atoms with Gasteiger partial charge in [0.05, 0.1) is 12.7 Å². The maximum Gasteiger partial charge on any atom is 0.121 e. The summed E-state index contributed by atoms with van der Waals surface area (Å²) in [4.78, 5) is 0. The molecule has 0 aliphatic carbocycles. The fourth-order valence-corrected chi connectivity index (χ4v) is 1.41. The molecule has 0 radical (unpaired) electrons. The van der Waals surface area contributed by atoms with Crippen molar-refractivity contribution >= 4 is 0 Å². The van der Waals surface area contributed by atoms with Gasteiger partial charge in [0.25, 0.3) is 0 Å². The zero-order chi connectivity index (χ0) is 15.6. The fourth-order valence-electron chi connectivity index (χ4n) is 1.41. The number of aromatic hydroxyl groups is 1. The van der Waals surface area contributed by atoms with Gasteiger partial charge in [0.15, 0.2) is 0 Å². The second-order valence-corrected chi connectivity index (χ2v) is 4.57. The number of rotatable bonds is 4. The zero-order valence-electron chi connectivity index (χ0n) is 13.1. The molecule has 0 saturated carbocycles. The summed E-state index contributed by atoms with van der Waals surface area (Å²) >= 11 is 0. The standard InChI is InChI=1S/C13H21NO3/c1-13(2,3)14-7-12(17)9-4-5-11(16)10(6-9)8-15/h4-6,12,14-17H,7-8H2,1-3H3/t12-/m0/s1/i1D3. The van der Waals surface area contributed by atoms with Crippen molar-refractivity contribution in [1.82, 2.24) is 5.32 Å². The molecule has 0 fully saturated rings. The normalized spacial score (nSPS) is 17.1. The number of aliphatic hydroxyl groups excluding tert-OH is 2. The van der Waals surface area contributed by atoms with Gasteiger partial charge in [0.1, 0.15) is 5.75 Å². The Morgan fingerprint density at radius 2 is 2.18 bits per heavy atom. The number of β-amino-alcohol motifs (C(OH)–C–C–N with tert-alkyl or cyclic N) is 1. The van der Waals surface area contributed by atoms with Crippen molar-refractivity contribution in [2.45, 2.75) is 38.9 Å². The first-order valence-electron chi connectivity index (χ1n) is 6.94. The van der Waals surface area contributed by atoms with Crippen LogP contribution in [0, 0.1) is 0 Å². The Kier molecular flexibility index (Phi) is 3.19. The van der Waals surface area contributed by atoms with Crippen LogP contribution in [0.2, 0.25) is 0 Å². The molecule has 0 aliphatic heterocycles. The fraction of sp³-hybridized carbons (Fsp3) is 0.538. The third kappa shape index (κ3) is 4.34. The summed E-state index contributed by atoms with van der Waals surface area (Å²) < 4.78 is 22.2. The average molecular weight is 242 g/mol. The van der Waals surface area contributed by atoms with E-state index in [1.165, 1.54) is 18.2 Å². The van der Waals surface area contributed by atoms with E-state index in [2.05, 4.69) is 5.32 Å². The van der Waals surface area contributed by atoms with E-state index in [4.69, 9.17) is 9.22 Å². The van der Waals surface area contributed by atoms with Gasteiger partial charge < -0.3 is 20.6 Å². The highest BCUT2D eigenvalue weighted by Crippen LogP contribution is 2.22. The van der Waals surface area contributed by atoms with Crippen LogP contribution >= 0.6 is 0 Å². The Labute approximate surface area is 106 Å². The van der Waals surface area contributed by atoms with Crippen molar-refractivity contribution in [1.29, 1.82) is 0 Å². The van der Waals surface area contributed by atoms with E-state index in [0.29, 0.717) is 11.1 Å². The summed E-state index contributed by atoms with van der Waals surface area (Å²) in [6.07, 6.45) is -0.928. The van der Waals surface area contributed by atoms with Crippen molar-refractivity contribution < 1.29 is 19.4 Å². The van der Waals surface area contributed by atoms with Crippen LogP contribution in [0.3, 0.4) is 0 Å². The average Bonchev–Trinajstić information content (AvgIpc) is 2.35. The molecule has 17 heavy (non-hydrogen) atoms. The van der Waals surface area contributed by atoms with Crippen molar-refractivity contribution in [3.63, 3.8) is 0 Å². The second-order valence-electron chi connectivity index (χ2n) is 4.57. The van der Waals surface area contributed by atoms with Gasteiger partial charge >= 0.3 is 0 Å². The predicted molar refractivity (Wildman–Crippen MR) is 66.7 cm³/mol. The second kappa shape index (κ2) is 5.49. The molecule has 0 amide bonds. The molecule has 4 nitrogen and oxygen atoms in total. The van der Waals surface area contributed by atoms with Crippen LogP contribution in [-0.4, -0.2) is 27.4 Å². The number of hydrogen-bond donors (Lipinski definition) is 4. The summed E-state index contributed by atoms with van der Waals surface area (Å²) in [6, 6.07) is 4.41. The molecule has 0 aliphatic rings. The Morgan fingerprint density at radius 3 is 2.76 bits per heavy atom. The Hall–Kier alpha value is -1.10. The maximum atomic E-state index is 10.1. The number of hydrogen-bond acceptors (Lipinski definition) is 4. The lowest BCUT2D eigenvalue weighted by Crippen LogP contribution is -2.38. The molecule has 4 heteroatoms. The molecular formula is C13H21NO3. The van der Waals surface area contributed by atoms with Crippen molar-refractivity contribution in [3.05, 3.63) is 29.3 Å². The van der Waals surface area contributed by atoms with E-state index in [9.17, 15) is 10.2 Å². The molecule has 0 bridgehead atoms. The number of benzene rings is 1. The van der Waals surface area contributed by atoms with Crippen LogP contribution in [0.15, 0.2) is 18.2 Å². The Balaban J connectivity index is 2.75. The molecule has 4 N–H and O–H groups in total. The molecule has 0 unspecified atom stereocenters. The van der Waals surface area contributed by atoms with E-state index in [1.807, 2.05) is 0 Å². The molecule has 0 saturated heterocycles. The Morgan fingerprint density at radius 1 is 1.47 bits per heavy atom. The van der Waals surface area contributed by atoms with E-state index >= 15 is 0 Å². The lowest BCUT2D eigenvalue weighted by Gasteiger charge is -2.23. The van der Waals surface area contributed by atoms with Gasteiger partial charge in [-0.1, -0.05) is 6.07 Å². The lowest BCUT2D eigenvalue weighted by atomic mass is 10.0. The van der Waals surface area contributed by atoms with Crippen LogP contribution in [0.25, 0.3) is 0 Å². The molecule has 1 atom stereocenters. The van der Waals surface area contributed by atoms with Gasteiger partial charge in [-0.05, 0) is 38.4 Å². The summed E-state index contributed by atoms with van der Waals surface area (Å²) in [5.74, 6) is -0.0424. The number of aliphatic hydroxyl groups is 2. The molecular weight excluding hydrogens is 218 g/mol. The van der Waals surface area contributed by atoms with E-state index in [-0.39, 0.29) is 18.9 Å². The summed E-state index contributed by atoms with van der Waals surface area (Å²) in [7, 11) is 0. The summed E-state index contributed by atoms with van der Waals surface area (Å²) in [5.41, 5.74) is -0.303. The minimum absolute atomic E-state index is 0.0424. The van der Waals surface area contributed by atoms with Crippen LogP contribution < -0.4 is 5.32 Å². The van der Waals surface area contributed by atoms with Gasteiger partial charge in [-0.2, -0.15) is 0 Å². The topological polar surface area (TPSA) is 72.7 Å². The molecule has 96 valence electrons. The first kappa shape index (κ1) is 9.88. The van der Waals surface area contributed by atoms with E-state index in [0.717, 1.165) is 0 Å². The molecule has 1 rings (SSSR count). The van der Waals surface area contributed by atoms with Crippen molar-refractivity contribution in [2.75, 3.05) is 6.54 Å². The summed E-state index contributed by atoms with van der Waals surface area (Å²) in [5, 5.41) is 31.4. The van der Waals surface area contributed by atoms with Crippen LogP contribution in [-0.2, 0) is 6.61 Å². The third-order valence-electron chi connectivity index (χ3n) is 2.40. The molecule has 1 aromatic carbocycles. The van der Waals surface area contributed by atoms with Gasteiger partial charge in [0, 0.05) is 21.8 Å². The first-order valence-corrected chi connectivity index (χ1v) is 5.44. The summed E-state index contributed by atoms with van der Waals surface area (Å²) in [6.45, 7) is 0.630. The van der Waals surface area contributed by atoms with Crippen LogP contribution in [0.5, 0.6) is 5.75 Å². The molecule has 1 aromatic rings. The molecule has 0 aromatic heterocycles. The predicted octanol–water partition coefficient (Wildman–Crippen LogP) is 1.31. The number of phenols is 1. The molecule has 0 spiro atoms. The monoisotopic (exact) mass is 242 g/mol. The van der Waals surface area contributed by atoms with E-state index in [1.54, 1.807) is 13.8 Å². The smallest absolute Gasteiger partial charge is 0.121 e. The first-order chi connectivity index (χ1) is 9.08. The van der Waals surface area contributed by atoms with Crippen LogP contribution in [0.1, 0.15) is 42.0 Å². The van der Waals surface area contributed by atoms with Gasteiger partial charge in [-0.15, -0.1) is 0 Å². The highest BCUT2D eigenvalue weighted by atomic mass is 16.3. The lowest BCUT2D eigenvalue weighted by molar-refractivity contribution is 0.163. The third-order valence-corrected chi connectivity index (χ3v) is 2.40. The van der Waals surface area contributed by atoms with Gasteiger partial charge in [-0.3, -0.25) is 0 Å². The Bertz CT molecular complexity index is 461. The van der Waals surface area contributed by atoms with Crippen molar-refractivity contribution in [2.24, 2.45) is 0 Å². The highest BCUT2D eigenvalue weighted by Gasteiger charge is 2.14. The number of nitrogens with one attached hydrogen (secondary N) is 1. The van der Waals surface area contributed by atoms with E-state index < -0.39 is 18.5 Å². The zero-order valence-corrected chi connectivity index (χ0v) is 10.1. The minimum atomic E-state index is -2.18. The molecule has 0 heterocycles. The largest absolute Gasteiger partial charge is 0.508 e. The maximum absolute atomic E-state index is 10.1. The van der Waals surface area contributed by atoms with Crippen LogP contribution in [0.4, 0.5) is 0 Å². The quantitative estimate of drug-likeness (QED) is 0.642. The minimum Gasteiger partial charge on any atom is -0.508 e. The highest BCUT2D eigenvalue weighted by molar-refractivity contribution is 5.36. The van der Waals surface area contributed by atoms with Gasteiger partial charge in [-0.25, -0.2) is 0 Å².